The van der Waals surface area contributed by atoms with Gasteiger partial charge in [0.05, 0.1) is 12.3 Å². The maximum atomic E-state index is 5.79. The fraction of sp³-hybridized carbons (Fsp3) is 0.286. The molecule has 2 rings (SSSR count). The molecule has 88 valence electrons. The Hall–Kier alpha value is -1.76. The zero-order valence-corrected chi connectivity index (χ0v) is 9.81. The Morgan fingerprint density at radius 2 is 2.24 bits per heavy atom. The first-order chi connectivity index (χ1) is 8.26. The van der Waals surface area contributed by atoms with E-state index < -0.39 is 0 Å². The minimum absolute atomic E-state index is 0.0165. The first-order valence-electron chi connectivity index (χ1n) is 5.64. The molecule has 3 nitrogen and oxygen atoms in total. The third-order valence-electron chi connectivity index (χ3n) is 2.82. The van der Waals surface area contributed by atoms with Crippen molar-refractivity contribution in [3.63, 3.8) is 0 Å². The lowest BCUT2D eigenvalue weighted by Gasteiger charge is -2.18. The fourth-order valence-corrected chi connectivity index (χ4v) is 1.90. The van der Waals surface area contributed by atoms with Crippen LogP contribution in [0.4, 0.5) is 0 Å². The monoisotopic (exact) mass is 228 g/mol. The maximum absolute atomic E-state index is 5.79. The summed E-state index contributed by atoms with van der Waals surface area (Å²) in [7, 11) is 0. The second-order valence-electron chi connectivity index (χ2n) is 4.03. The highest BCUT2D eigenvalue weighted by atomic mass is 16.3. The normalized spacial score (nSPS) is 14.4. The number of terminal acetylenes is 1. The molecule has 0 radical (unpaired) electrons. The third kappa shape index (κ3) is 2.33. The van der Waals surface area contributed by atoms with Gasteiger partial charge in [0, 0.05) is 23.5 Å². The molecule has 0 saturated carbocycles. The molecule has 1 heterocycles. The Balaban J connectivity index is 2.34. The molecule has 17 heavy (non-hydrogen) atoms. The van der Waals surface area contributed by atoms with E-state index in [1.165, 1.54) is 0 Å². The summed E-state index contributed by atoms with van der Waals surface area (Å²) in [5.74, 6) is 2.64. The minimum Gasteiger partial charge on any atom is -0.464 e. The zero-order valence-electron chi connectivity index (χ0n) is 9.81. The van der Waals surface area contributed by atoms with Crippen LogP contribution in [0.3, 0.4) is 0 Å². The summed E-state index contributed by atoms with van der Waals surface area (Å²) in [5.41, 5.74) is 7.72. The summed E-state index contributed by atoms with van der Waals surface area (Å²) in [5, 5.41) is 4.37. The molecule has 2 atom stereocenters. The molecule has 2 aromatic rings. The van der Waals surface area contributed by atoms with E-state index in [1.807, 2.05) is 31.2 Å². The Morgan fingerprint density at radius 3 is 2.94 bits per heavy atom. The van der Waals surface area contributed by atoms with Gasteiger partial charge in [0.1, 0.15) is 5.58 Å². The first kappa shape index (κ1) is 11.7. The van der Waals surface area contributed by atoms with Gasteiger partial charge < -0.3 is 10.2 Å². The Kier molecular flexibility index (Phi) is 3.48. The molecule has 3 N–H and O–H groups in total. The highest BCUT2D eigenvalue weighted by Crippen LogP contribution is 2.25. The van der Waals surface area contributed by atoms with E-state index in [0.717, 1.165) is 16.5 Å². The average Bonchev–Trinajstić information content (AvgIpc) is 2.79. The van der Waals surface area contributed by atoms with E-state index in [0.29, 0.717) is 6.54 Å². The molecule has 1 aromatic carbocycles. The van der Waals surface area contributed by atoms with Gasteiger partial charge in [-0.05, 0) is 13.0 Å². The van der Waals surface area contributed by atoms with Crippen molar-refractivity contribution in [2.45, 2.75) is 19.0 Å². The topological polar surface area (TPSA) is 51.2 Å². The fourth-order valence-electron chi connectivity index (χ4n) is 1.90. The van der Waals surface area contributed by atoms with Crippen molar-refractivity contribution in [3.8, 4) is 12.3 Å². The van der Waals surface area contributed by atoms with Gasteiger partial charge in [0.25, 0.3) is 0 Å². The van der Waals surface area contributed by atoms with Crippen molar-refractivity contribution in [1.29, 1.82) is 0 Å². The average molecular weight is 228 g/mol. The van der Waals surface area contributed by atoms with Gasteiger partial charge in [-0.25, -0.2) is 0 Å². The van der Waals surface area contributed by atoms with Gasteiger partial charge in [0.2, 0.25) is 0 Å². The predicted molar refractivity (Wildman–Crippen MR) is 69.4 cm³/mol. The minimum atomic E-state index is -0.0165. The molecule has 1 aromatic heterocycles. The van der Waals surface area contributed by atoms with Crippen molar-refractivity contribution >= 4 is 11.0 Å². The summed E-state index contributed by atoms with van der Waals surface area (Å²) in [6.07, 6.45) is 7.11. The van der Waals surface area contributed by atoms with Crippen LogP contribution in [0.25, 0.3) is 11.0 Å². The van der Waals surface area contributed by atoms with Crippen LogP contribution in [0.5, 0.6) is 0 Å². The standard InChI is InChI=1S/C14H16N2O/c1-3-10(2)16-13(8-15)12-9-17-14-7-5-4-6-11(12)14/h1,4-7,9-10,13,16H,8,15H2,2H3. The van der Waals surface area contributed by atoms with Crippen LogP contribution in [-0.4, -0.2) is 12.6 Å². The van der Waals surface area contributed by atoms with E-state index >= 15 is 0 Å². The molecule has 0 fully saturated rings. The van der Waals surface area contributed by atoms with E-state index in [4.69, 9.17) is 16.6 Å². The third-order valence-corrected chi connectivity index (χ3v) is 2.82. The van der Waals surface area contributed by atoms with E-state index in [-0.39, 0.29) is 12.1 Å². The second kappa shape index (κ2) is 5.05. The summed E-state index contributed by atoms with van der Waals surface area (Å²) in [6.45, 7) is 2.42. The highest BCUT2D eigenvalue weighted by Gasteiger charge is 2.16. The van der Waals surface area contributed by atoms with Gasteiger partial charge in [-0.3, -0.25) is 5.32 Å². The lowest BCUT2D eigenvalue weighted by molar-refractivity contribution is 0.510. The highest BCUT2D eigenvalue weighted by molar-refractivity contribution is 5.81. The molecule has 0 amide bonds. The number of furan rings is 1. The quantitative estimate of drug-likeness (QED) is 0.787. The van der Waals surface area contributed by atoms with Crippen LogP contribution in [0.15, 0.2) is 34.9 Å². The molecule has 0 spiro atoms. The summed E-state index contributed by atoms with van der Waals surface area (Å²) in [6, 6.07) is 7.90. The SMILES string of the molecule is C#CC(C)NC(CN)c1coc2ccccc12. The van der Waals surface area contributed by atoms with Crippen LogP contribution in [0.1, 0.15) is 18.5 Å². The largest absolute Gasteiger partial charge is 0.464 e. The van der Waals surface area contributed by atoms with Crippen LogP contribution in [-0.2, 0) is 0 Å². The number of rotatable bonds is 4. The second-order valence-corrected chi connectivity index (χ2v) is 4.03. The first-order valence-corrected chi connectivity index (χ1v) is 5.64. The van der Waals surface area contributed by atoms with Crippen molar-refractivity contribution in [1.82, 2.24) is 5.32 Å². The summed E-state index contributed by atoms with van der Waals surface area (Å²) < 4.78 is 5.50. The summed E-state index contributed by atoms with van der Waals surface area (Å²) >= 11 is 0. The number of nitrogens with two attached hydrogens (primary N) is 1. The Labute approximate surface area is 101 Å². The Morgan fingerprint density at radius 1 is 1.47 bits per heavy atom. The molecule has 0 saturated heterocycles. The number of hydrogen-bond acceptors (Lipinski definition) is 3. The van der Waals surface area contributed by atoms with E-state index in [1.54, 1.807) is 6.26 Å². The van der Waals surface area contributed by atoms with Crippen molar-refractivity contribution in [2.24, 2.45) is 5.73 Å². The van der Waals surface area contributed by atoms with Crippen molar-refractivity contribution < 1.29 is 4.42 Å². The molecule has 3 heteroatoms. The van der Waals surface area contributed by atoms with Crippen LogP contribution < -0.4 is 11.1 Å². The smallest absolute Gasteiger partial charge is 0.134 e. The van der Waals surface area contributed by atoms with E-state index in [9.17, 15) is 0 Å². The van der Waals surface area contributed by atoms with Crippen molar-refractivity contribution in [3.05, 3.63) is 36.1 Å². The molecule has 2 unspecified atom stereocenters. The number of hydrogen-bond donors (Lipinski definition) is 2. The molecular weight excluding hydrogens is 212 g/mol. The van der Waals surface area contributed by atoms with Gasteiger partial charge in [0.15, 0.2) is 0 Å². The van der Waals surface area contributed by atoms with Gasteiger partial charge in [-0.15, -0.1) is 6.42 Å². The van der Waals surface area contributed by atoms with Crippen LogP contribution in [0.2, 0.25) is 0 Å². The van der Waals surface area contributed by atoms with Gasteiger partial charge in [-0.1, -0.05) is 24.1 Å². The molecular formula is C14H16N2O. The molecule has 0 aliphatic carbocycles. The van der Waals surface area contributed by atoms with E-state index in [2.05, 4.69) is 11.2 Å². The van der Waals surface area contributed by atoms with Crippen LogP contribution >= 0.6 is 0 Å². The lowest BCUT2D eigenvalue weighted by Crippen LogP contribution is -2.33. The summed E-state index contributed by atoms with van der Waals surface area (Å²) in [4.78, 5) is 0. The lowest BCUT2D eigenvalue weighted by atomic mass is 10.1. The van der Waals surface area contributed by atoms with Gasteiger partial charge >= 0.3 is 0 Å². The maximum Gasteiger partial charge on any atom is 0.134 e. The van der Waals surface area contributed by atoms with Gasteiger partial charge in [-0.2, -0.15) is 0 Å². The number of nitrogens with one attached hydrogen (secondary N) is 1. The van der Waals surface area contributed by atoms with Crippen molar-refractivity contribution in [2.75, 3.05) is 6.54 Å². The number of fused-ring (bicyclic) bond motifs is 1. The zero-order chi connectivity index (χ0) is 12.3. The molecule has 0 aliphatic rings. The molecule has 0 aliphatic heterocycles. The predicted octanol–water partition coefficient (Wildman–Crippen LogP) is 2.04. The van der Waals surface area contributed by atoms with Crippen LogP contribution in [0, 0.1) is 12.3 Å². The Bertz CT molecular complexity index is 538. The number of para-hydroxylation sites is 1. The molecule has 0 bridgehead atoms. The number of benzene rings is 1.